The first-order valence-corrected chi connectivity index (χ1v) is 11.5. The van der Waals surface area contributed by atoms with Crippen molar-refractivity contribution in [2.75, 3.05) is 61.9 Å². The van der Waals surface area contributed by atoms with E-state index in [1.54, 1.807) is 16.1 Å². The van der Waals surface area contributed by atoms with Crippen LogP contribution in [0.3, 0.4) is 0 Å². The molecule has 9 nitrogen and oxygen atoms in total. The maximum Gasteiger partial charge on any atom is 0.414 e. The summed E-state index contributed by atoms with van der Waals surface area (Å²) in [5.41, 5.74) is 1.75. The van der Waals surface area contributed by atoms with Crippen LogP contribution in [0, 0.1) is 0 Å². The van der Waals surface area contributed by atoms with Crippen LogP contribution in [-0.4, -0.2) is 82.2 Å². The summed E-state index contributed by atoms with van der Waals surface area (Å²) in [6.45, 7) is 4.71. The Morgan fingerprint density at radius 2 is 1.83 bits per heavy atom. The third kappa shape index (κ3) is 5.09. The normalized spacial score (nSPS) is 20.5. The number of thiocarbonyl (C=S) groups is 1. The van der Waals surface area contributed by atoms with Crippen LogP contribution in [0.4, 0.5) is 16.2 Å². The van der Waals surface area contributed by atoms with E-state index in [1.165, 1.54) is 7.11 Å². The number of hydrogen-bond acceptors (Lipinski definition) is 7. The Kier molecular flexibility index (Phi) is 6.81. The summed E-state index contributed by atoms with van der Waals surface area (Å²) in [5, 5.41) is 3.15. The van der Waals surface area contributed by atoms with E-state index in [0.29, 0.717) is 39.3 Å². The minimum atomic E-state index is -3.14. The van der Waals surface area contributed by atoms with Crippen molar-refractivity contribution in [1.29, 1.82) is 0 Å². The van der Waals surface area contributed by atoms with Crippen LogP contribution in [0.15, 0.2) is 24.3 Å². The number of rotatable bonds is 6. The summed E-state index contributed by atoms with van der Waals surface area (Å²) in [5.74, 6) is 0.126. The highest BCUT2D eigenvalue weighted by Gasteiger charge is 2.32. The molecule has 0 spiro atoms. The second-order valence-corrected chi connectivity index (χ2v) is 9.42. The minimum Gasteiger partial charge on any atom is -0.474 e. The Bertz CT molecular complexity index is 838. The number of benzene rings is 1. The van der Waals surface area contributed by atoms with Crippen LogP contribution < -0.4 is 15.1 Å². The van der Waals surface area contributed by atoms with Crippen LogP contribution >= 0.6 is 12.2 Å². The fraction of sp³-hybridized carbons (Fsp3) is 0.556. The molecule has 1 aromatic rings. The molecule has 1 unspecified atom stereocenters. The Hall–Kier alpha value is -2.11. The number of hydrogen-bond donors (Lipinski definition) is 1. The molecule has 2 saturated heterocycles. The molecule has 29 heavy (non-hydrogen) atoms. The first-order chi connectivity index (χ1) is 13.8. The molecule has 0 radical (unpaired) electrons. The average Bonchev–Trinajstić information content (AvgIpc) is 3.12. The predicted octanol–water partition coefficient (Wildman–Crippen LogP) is 1.00. The van der Waals surface area contributed by atoms with Crippen LogP contribution in [0.5, 0.6) is 0 Å². The summed E-state index contributed by atoms with van der Waals surface area (Å²) < 4.78 is 35.8. The molecule has 1 aromatic carbocycles. The van der Waals surface area contributed by atoms with Crippen LogP contribution in [-0.2, 0) is 19.5 Å². The Morgan fingerprint density at radius 3 is 2.41 bits per heavy atom. The first-order valence-electron chi connectivity index (χ1n) is 9.47. The second kappa shape index (κ2) is 9.14. The van der Waals surface area contributed by atoms with Crippen molar-refractivity contribution in [3.8, 4) is 0 Å². The lowest BCUT2D eigenvalue weighted by Crippen LogP contribution is -2.49. The molecular weight excluding hydrogens is 416 g/mol. The highest BCUT2D eigenvalue weighted by Crippen LogP contribution is 2.25. The van der Waals surface area contributed by atoms with Crippen molar-refractivity contribution in [3.05, 3.63) is 24.3 Å². The van der Waals surface area contributed by atoms with Crippen molar-refractivity contribution in [2.45, 2.75) is 13.0 Å². The molecule has 0 saturated carbocycles. The number of ether oxygens (including phenoxy) is 2. The molecule has 11 heteroatoms. The molecule has 2 fully saturated rings. The van der Waals surface area contributed by atoms with Crippen LogP contribution in [0.25, 0.3) is 0 Å². The van der Waals surface area contributed by atoms with Crippen molar-refractivity contribution >= 4 is 44.9 Å². The Morgan fingerprint density at radius 1 is 1.21 bits per heavy atom. The van der Waals surface area contributed by atoms with Gasteiger partial charge in [0.15, 0.2) is 0 Å². The number of sulfonamides is 1. The smallest absolute Gasteiger partial charge is 0.414 e. The van der Waals surface area contributed by atoms with E-state index in [2.05, 4.69) is 10.2 Å². The molecule has 1 atom stereocenters. The van der Waals surface area contributed by atoms with Crippen molar-refractivity contribution in [1.82, 2.24) is 9.62 Å². The van der Waals surface area contributed by atoms with Crippen molar-refractivity contribution in [2.24, 2.45) is 0 Å². The van der Waals surface area contributed by atoms with E-state index in [0.717, 1.165) is 11.4 Å². The number of methoxy groups -OCH3 is 1. The number of cyclic esters (lactones) is 1. The number of anilines is 2. The minimum absolute atomic E-state index is 0.126. The number of nitrogens with one attached hydrogen (secondary N) is 1. The fourth-order valence-corrected chi connectivity index (χ4v) is 4.53. The van der Waals surface area contributed by atoms with Gasteiger partial charge in [-0.3, -0.25) is 4.90 Å². The summed E-state index contributed by atoms with van der Waals surface area (Å²) in [6.07, 6.45) is -0.713. The van der Waals surface area contributed by atoms with Gasteiger partial charge in [-0.25, -0.2) is 13.2 Å². The number of carbonyl (C=O) groups is 1. The average molecular weight is 443 g/mol. The zero-order valence-electron chi connectivity index (χ0n) is 16.5. The fourth-order valence-electron chi connectivity index (χ4n) is 3.36. The van der Waals surface area contributed by atoms with Crippen LogP contribution in [0.2, 0.25) is 0 Å². The second-order valence-electron chi connectivity index (χ2n) is 6.79. The van der Waals surface area contributed by atoms with E-state index >= 15 is 0 Å². The highest BCUT2D eigenvalue weighted by molar-refractivity contribution is 7.89. The summed E-state index contributed by atoms with van der Waals surface area (Å²) in [4.78, 5) is 15.9. The van der Waals surface area contributed by atoms with Gasteiger partial charge in [0.2, 0.25) is 10.0 Å². The molecule has 0 bridgehead atoms. The van der Waals surface area contributed by atoms with Gasteiger partial charge in [-0.1, -0.05) is 0 Å². The number of nitrogens with zero attached hydrogens (tertiary/aromatic N) is 3. The monoisotopic (exact) mass is 442 g/mol. The lowest BCUT2D eigenvalue weighted by molar-refractivity contribution is 0.142. The maximum atomic E-state index is 12.2. The van der Waals surface area contributed by atoms with E-state index in [4.69, 9.17) is 21.7 Å². The van der Waals surface area contributed by atoms with Crippen molar-refractivity contribution in [3.63, 3.8) is 0 Å². The van der Waals surface area contributed by atoms with Gasteiger partial charge in [-0.2, -0.15) is 4.31 Å². The van der Waals surface area contributed by atoms with Crippen LogP contribution in [0.1, 0.15) is 6.92 Å². The van der Waals surface area contributed by atoms with Gasteiger partial charge in [-0.15, -0.1) is 0 Å². The molecular formula is C18H26N4O5S2. The summed E-state index contributed by atoms with van der Waals surface area (Å²) >= 11 is 4.92. The quantitative estimate of drug-likeness (QED) is 0.653. The van der Waals surface area contributed by atoms with Gasteiger partial charge in [0.25, 0.3) is 5.17 Å². The third-order valence-electron chi connectivity index (χ3n) is 5.06. The zero-order valence-corrected chi connectivity index (χ0v) is 18.2. The lowest BCUT2D eigenvalue weighted by Gasteiger charge is -2.35. The number of carbonyl (C=O) groups excluding carboxylic acids is 1. The molecule has 1 N–H and O–H groups in total. The highest BCUT2D eigenvalue weighted by atomic mass is 32.2. The Balaban J connectivity index is 1.57. The zero-order chi connectivity index (χ0) is 21.0. The third-order valence-corrected chi connectivity index (χ3v) is 7.25. The molecule has 0 aliphatic carbocycles. The van der Waals surface area contributed by atoms with Gasteiger partial charge < -0.3 is 19.7 Å². The standard InChI is InChI=1S/C18H26N4O5S2/c1-3-29(24,25)21-10-8-20(9-11-21)14-4-6-15(7-5-14)22-13-16(27-18(22)23)12-19-17(28)26-2/h4-7,16H,3,8-13H2,1-2H3,(H,19,28). The van der Waals surface area contributed by atoms with Gasteiger partial charge >= 0.3 is 6.09 Å². The summed E-state index contributed by atoms with van der Waals surface area (Å²) in [6, 6.07) is 7.64. The largest absolute Gasteiger partial charge is 0.474 e. The lowest BCUT2D eigenvalue weighted by atomic mass is 10.2. The molecule has 2 heterocycles. The molecule has 0 aromatic heterocycles. The van der Waals surface area contributed by atoms with E-state index in [9.17, 15) is 13.2 Å². The van der Waals surface area contributed by atoms with E-state index in [-0.39, 0.29) is 17.0 Å². The maximum absolute atomic E-state index is 12.2. The summed E-state index contributed by atoms with van der Waals surface area (Å²) in [7, 11) is -1.66. The molecule has 160 valence electrons. The molecule has 2 aliphatic heterocycles. The molecule has 3 rings (SSSR count). The van der Waals surface area contributed by atoms with Gasteiger partial charge in [-0.05, 0) is 43.4 Å². The first kappa shape index (κ1) is 21.6. The predicted molar refractivity (Wildman–Crippen MR) is 115 cm³/mol. The van der Waals surface area contributed by atoms with Crippen molar-refractivity contribution < 1.29 is 22.7 Å². The van der Waals surface area contributed by atoms with E-state index in [1.807, 2.05) is 24.3 Å². The van der Waals surface area contributed by atoms with Gasteiger partial charge in [0.05, 0.1) is 26.0 Å². The molecule has 1 amide bonds. The van der Waals surface area contributed by atoms with Gasteiger partial charge in [0.1, 0.15) is 6.10 Å². The van der Waals surface area contributed by atoms with E-state index < -0.39 is 16.1 Å². The SMILES string of the molecule is CCS(=O)(=O)N1CCN(c2ccc(N3CC(CNC(=S)OC)OC3=O)cc2)CC1. The number of piperazine rings is 1. The topological polar surface area (TPSA) is 91.4 Å². The number of amides is 1. The Labute approximate surface area is 176 Å². The van der Waals surface area contributed by atoms with Gasteiger partial charge in [0, 0.05) is 37.6 Å². The molecule has 2 aliphatic rings.